The van der Waals surface area contributed by atoms with Crippen molar-refractivity contribution in [1.82, 2.24) is 0 Å². The molecule has 3 aliphatic rings. The van der Waals surface area contributed by atoms with Gasteiger partial charge in [-0.2, -0.15) is 0 Å². The first-order valence-electron chi connectivity index (χ1n) is 8.13. The molecule has 0 atom stereocenters. The monoisotopic (exact) mass is 323 g/mol. The number of anilines is 1. The third-order valence-corrected chi connectivity index (χ3v) is 4.76. The second kappa shape index (κ2) is 5.02. The molecule has 25 heavy (non-hydrogen) atoms. The van der Waals surface area contributed by atoms with E-state index < -0.39 is 0 Å². The molecule has 0 radical (unpaired) electrons. The zero-order valence-corrected chi connectivity index (χ0v) is 13.3. The average molecular weight is 323 g/mol. The third kappa shape index (κ3) is 1.93. The van der Waals surface area contributed by atoms with Crippen LogP contribution in [0.5, 0.6) is 0 Å². The van der Waals surface area contributed by atoms with E-state index >= 15 is 0 Å². The van der Waals surface area contributed by atoms with Gasteiger partial charge >= 0.3 is 0 Å². The summed E-state index contributed by atoms with van der Waals surface area (Å²) in [6.45, 7) is 0. The smallest absolute Gasteiger partial charge is 0.266 e. The maximum absolute atomic E-state index is 13.0. The molecule has 2 aliphatic carbocycles. The maximum Gasteiger partial charge on any atom is 0.266 e. The lowest BCUT2D eigenvalue weighted by molar-refractivity contribution is 0.0926. The summed E-state index contributed by atoms with van der Waals surface area (Å²) in [5, 5.41) is 1.92. The van der Waals surface area contributed by atoms with E-state index in [-0.39, 0.29) is 11.8 Å². The predicted molar refractivity (Wildman–Crippen MR) is 98.2 cm³/mol. The van der Waals surface area contributed by atoms with Crippen molar-refractivity contribution in [3.63, 3.8) is 0 Å². The van der Waals surface area contributed by atoms with Gasteiger partial charge < -0.3 is 0 Å². The summed E-state index contributed by atoms with van der Waals surface area (Å²) >= 11 is 0. The number of nitrogens with zero attached hydrogens (tertiary/aromatic N) is 1. The SMILES string of the molecule is O=C1c2cc3ccccc3cc2C(=O)N1c1ccc2cccccc1-2. The molecule has 0 unspecified atom stereocenters. The van der Waals surface area contributed by atoms with Crippen LogP contribution in [0.15, 0.2) is 78.9 Å². The van der Waals surface area contributed by atoms with Crippen molar-refractivity contribution < 1.29 is 9.59 Å². The quantitative estimate of drug-likeness (QED) is 0.474. The van der Waals surface area contributed by atoms with Crippen LogP contribution < -0.4 is 4.90 Å². The van der Waals surface area contributed by atoms with Crippen LogP contribution in [0.2, 0.25) is 0 Å². The summed E-state index contributed by atoms with van der Waals surface area (Å²) in [5.74, 6) is -0.519. The largest absolute Gasteiger partial charge is 0.268 e. The number of carbonyl (C=O) groups excluding carboxylic acids is 2. The molecule has 0 fully saturated rings. The van der Waals surface area contributed by atoms with Gasteiger partial charge in [0.2, 0.25) is 0 Å². The van der Waals surface area contributed by atoms with Crippen molar-refractivity contribution >= 4 is 28.3 Å². The number of imide groups is 1. The van der Waals surface area contributed by atoms with Gasteiger partial charge in [-0.05, 0) is 34.5 Å². The first kappa shape index (κ1) is 13.9. The summed E-state index contributed by atoms with van der Waals surface area (Å²) in [5.41, 5.74) is 3.48. The highest BCUT2D eigenvalue weighted by molar-refractivity contribution is 6.36. The van der Waals surface area contributed by atoms with Gasteiger partial charge in [-0.3, -0.25) is 9.59 Å². The predicted octanol–water partition coefficient (Wildman–Crippen LogP) is 4.75. The van der Waals surface area contributed by atoms with E-state index in [1.165, 1.54) is 4.90 Å². The van der Waals surface area contributed by atoms with Gasteiger partial charge in [-0.15, -0.1) is 0 Å². The van der Waals surface area contributed by atoms with Gasteiger partial charge in [0.1, 0.15) is 0 Å². The van der Waals surface area contributed by atoms with Gasteiger partial charge in [0.15, 0.2) is 0 Å². The Hall–Kier alpha value is -3.46. The topological polar surface area (TPSA) is 37.4 Å². The lowest BCUT2D eigenvalue weighted by Crippen LogP contribution is -2.29. The Morgan fingerprint density at radius 2 is 1.16 bits per heavy atom. The number of carbonyl (C=O) groups is 2. The number of hydrogen-bond acceptors (Lipinski definition) is 2. The van der Waals surface area contributed by atoms with E-state index in [1.807, 2.05) is 78.9 Å². The summed E-state index contributed by atoms with van der Waals surface area (Å²) < 4.78 is 0. The van der Waals surface area contributed by atoms with Crippen LogP contribution in [-0.2, 0) is 0 Å². The minimum absolute atomic E-state index is 0.259. The first-order chi connectivity index (χ1) is 12.2. The fourth-order valence-electron chi connectivity index (χ4n) is 3.54. The number of rotatable bonds is 1. The Morgan fingerprint density at radius 1 is 0.560 bits per heavy atom. The number of amides is 2. The highest BCUT2D eigenvalue weighted by atomic mass is 16.2. The Bertz CT molecular complexity index is 1090. The standard InChI is InChI=1S/C22H13NO2/c24-21-18-12-15-7-4-5-8-16(15)13-19(18)22(25)23(21)20-11-10-14-6-2-1-3-9-17(14)20/h1-13H. The third-order valence-electron chi connectivity index (χ3n) is 4.76. The van der Waals surface area contributed by atoms with E-state index in [4.69, 9.17) is 0 Å². The van der Waals surface area contributed by atoms with E-state index in [0.29, 0.717) is 16.8 Å². The fraction of sp³-hybridized carbons (Fsp3) is 0. The molecule has 0 N–H and O–H groups in total. The number of benzene rings is 2. The molecule has 3 heteroatoms. The Morgan fingerprint density at radius 3 is 1.84 bits per heavy atom. The van der Waals surface area contributed by atoms with Crippen molar-refractivity contribution in [1.29, 1.82) is 0 Å². The van der Waals surface area contributed by atoms with E-state index in [9.17, 15) is 9.59 Å². The van der Waals surface area contributed by atoms with E-state index in [0.717, 1.165) is 21.9 Å². The van der Waals surface area contributed by atoms with E-state index in [1.54, 1.807) is 0 Å². The molecule has 2 aromatic carbocycles. The van der Waals surface area contributed by atoms with Gasteiger partial charge in [-0.25, -0.2) is 4.90 Å². The van der Waals surface area contributed by atoms with Crippen LogP contribution in [0.3, 0.4) is 0 Å². The minimum atomic E-state index is -0.259. The molecule has 2 aromatic rings. The molecule has 0 bridgehead atoms. The fourth-order valence-corrected chi connectivity index (χ4v) is 3.54. The van der Waals surface area contributed by atoms with E-state index in [2.05, 4.69) is 0 Å². The highest BCUT2D eigenvalue weighted by Crippen LogP contribution is 2.39. The van der Waals surface area contributed by atoms with Crippen LogP contribution in [0.4, 0.5) is 5.69 Å². The molecule has 1 aliphatic heterocycles. The second-order valence-corrected chi connectivity index (χ2v) is 6.19. The van der Waals surface area contributed by atoms with Crippen molar-refractivity contribution in [2.75, 3.05) is 4.90 Å². The molecule has 2 amide bonds. The Kier molecular flexibility index (Phi) is 2.80. The van der Waals surface area contributed by atoms with Gasteiger partial charge in [0.25, 0.3) is 11.8 Å². The molecule has 0 saturated heterocycles. The summed E-state index contributed by atoms with van der Waals surface area (Å²) in [4.78, 5) is 27.2. The molecule has 118 valence electrons. The molecule has 1 heterocycles. The van der Waals surface area contributed by atoms with Crippen LogP contribution >= 0.6 is 0 Å². The van der Waals surface area contributed by atoms with Gasteiger partial charge in [0, 0.05) is 5.56 Å². The Balaban J connectivity index is 1.70. The minimum Gasteiger partial charge on any atom is -0.268 e. The van der Waals surface area contributed by atoms with Gasteiger partial charge in [0.05, 0.1) is 16.8 Å². The highest BCUT2D eigenvalue weighted by Gasteiger charge is 2.38. The normalized spacial score (nSPS) is 13.7. The number of hydrogen-bond donors (Lipinski definition) is 0. The number of fused-ring (bicyclic) bond motifs is 3. The summed E-state index contributed by atoms with van der Waals surface area (Å²) in [6.07, 6.45) is 0. The van der Waals surface area contributed by atoms with Crippen LogP contribution in [0.25, 0.3) is 21.9 Å². The zero-order chi connectivity index (χ0) is 17.0. The van der Waals surface area contributed by atoms with Crippen molar-refractivity contribution in [3.05, 3.63) is 90.0 Å². The van der Waals surface area contributed by atoms with Crippen LogP contribution in [0, 0.1) is 0 Å². The van der Waals surface area contributed by atoms with Crippen molar-refractivity contribution in [2.24, 2.45) is 0 Å². The molecule has 0 aromatic heterocycles. The second-order valence-electron chi connectivity index (χ2n) is 6.19. The van der Waals surface area contributed by atoms with Crippen molar-refractivity contribution in [2.45, 2.75) is 0 Å². The molecule has 5 rings (SSSR count). The Labute approximate surface area is 144 Å². The zero-order valence-electron chi connectivity index (χ0n) is 13.3. The molecular weight excluding hydrogens is 310 g/mol. The van der Waals surface area contributed by atoms with Crippen LogP contribution in [-0.4, -0.2) is 11.8 Å². The lowest BCUT2D eigenvalue weighted by Gasteiger charge is -2.14. The molecular formula is C22H13NO2. The molecule has 0 spiro atoms. The lowest BCUT2D eigenvalue weighted by atomic mass is 10.0. The average Bonchev–Trinajstić information content (AvgIpc) is 3.01. The van der Waals surface area contributed by atoms with Crippen LogP contribution in [0.1, 0.15) is 20.7 Å². The molecule has 3 nitrogen and oxygen atoms in total. The van der Waals surface area contributed by atoms with Crippen molar-refractivity contribution in [3.8, 4) is 11.1 Å². The molecule has 0 saturated carbocycles. The van der Waals surface area contributed by atoms with Gasteiger partial charge in [-0.1, -0.05) is 60.7 Å². The first-order valence-corrected chi connectivity index (χ1v) is 8.13. The summed E-state index contributed by atoms with van der Waals surface area (Å²) in [6, 6.07) is 24.9. The summed E-state index contributed by atoms with van der Waals surface area (Å²) in [7, 11) is 0. The maximum atomic E-state index is 13.0.